The number of carbonyl (C=O) groups is 1. The molecule has 0 amide bonds. The molecule has 0 bridgehead atoms. The highest BCUT2D eigenvalue weighted by atomic mass is 35.5. The molecule has 2 aromatic heterocycles. The topological polar surface area (TPSA) is 126 Å². The van der Waals surface area contributed by atoms with Crippen LogP contribution in [0.2, 0.25) is 5.02 Å². The molecule has 0 radical (unpaired) electrons. The van der Waals surface area contributed by atoms with Crippen molar-refractivity contribution in [1.29, 1.82) is 10.5 Å². The number of anilines is 1. The van der Waals surface area contributed by atoms with E-state index in [0.29, 0.717) is 49.7 Å². The molecule has 0 spiro atoms. The van der Waals surface area contributed by atoms with E-state index in [-0.39, 0.29) is 34.0 Å². The van der Waals surface area contributed by atoms with Gasteiger partial charge in [-0.1, -0.05) is 11.6 Å². The Bertz CT molecular complexity index is 1230. The lowest BCUT2D eigenvalue weighted by molar-refractivity contribution is -0.139. The van der Waals surface area contributed by atoms with Crippen molar-refractivity contribution < 1.29 is 23.1 Å². The Labute approximate surface area is 194 Å². The predicted octanol–water partition coefficient (Wildman–Crippen LogP) is 4.55. The normalized spacial score (nSPS) is 13.9. The van der Waals surface area contributed by atoms with Gasteiger partial charge >= 0.3 is 5.97 Å². The Morgan fingerprint density at radius 2 is 2.09 bits per heavy atom. The van der Waals surface area contributed by atoms with Gasteiger partial charge in [-0.15, -0.1) is 0 Å². The zero-order valence-electron chi connectivity index (χ0n) is 17.7. The molecule has 4 rings (SSSR count). The first-order valence-electron chi connectivity index (χ1n) is 10.3. The minimum atomic E-state index is -0.434. The third-order valence-electron chi connectivity index (χ3n) is 5.20. The quantitative estimate of drug-likeness (QED) is 0.379. The van der Waals surface area contributed by atoms with Gasteiger partial charge in [0.25, 0.3) is 5.89 Å². The summed E-state index contributed by atoms with van der Waals surface area (Å²) in [5, 5.41) is 18.7. The smallest absolute Gasteiger partial charge is 0.314 e. The molecule has 9 nitrogen and oxygen atoms in total. The van der Waals surface area contributed by atoms with Gasteiger partial charge in [-0.2, -0.15) is 15.5 Å². The van der Waals surface area contributed by atoms with Crippen LogP contribution in [-0.2, 0) is 4.79 Å². The van der Waals surface area contributed by atoms with E-state index in [9.17, 15) is 10.1 Å². The van der Waals surface area contributed by atoms with Gasteiger partial charge < -0.3 is 23.2 Å². The third-order valence-corrected chi connectivity index (χ3v) is 5.48. The SMILES string of the molecule is CCOc1cc(C#N)cc(Cl)c1OC(=O)C1CCN(c2oc(-c3ccco3)nc2C#N)CC1. The van der Waals surface area contributed by atoms with Gasteiger partial charge in [0.05, 0.1) is 35.4 Å². The maximum absolute atomic E-state index is 12.8. The van der Waals surface area contributed by atoms with Gasteiger partial charge in [-0.3, -0.25) is 4.79 Å². The Balaban J connectivity index is 1.45. The number of halogens is 1. The number of hydrogen-bond acceptors (Lipinski definition) is 9. The van der Waals surface area contributed by atoms with E-state index >= 15 is 0 Å². The van der Waals surface area contributed by atoms with Crippen LogP contribution >= 0.6 is 11.6 Å². The molecular formula is C23H19ClN4O5. The summed E-state index contributed by atoms with van der Waals surface area (Å²) in [7, 11) is 0. The molecule has 0 aliphatic carbocycles. The molecule has 3 aromatic rings. The number of nitriles is 2. The van der Waals surface area contributed by atoms with Crippen molar-refractivity contribution in [3.05, 3.63) is 46.8 Å². The summed E-state index contributed by atoms with van der Waals surface area (Å²) in [6, 6.07) is 10.4. The molecule has 1 saturated heterocycles. The Morgan fingerprint density at radius 1 is 1.30 bits per heavy atom. The number of carbonyl (C=O) groups excluding carboxylic acids is 1. The van der Waals surface area contributed by atoms with Crippen LogP contribution in [0.15, 0.2) is 39.4 Å². The van der Waals surface area contributed by atoms with Crippen molar-refractivity contribution in [2.24, 2.45) is 5.92 Å². The summed E-state index contributed by atoms with van der Waals surface area (Å²) in [6.45, 7) is 3.05. The zero-order chi connectivity index (χ0) is 23.4. The summed E-state index contributed by atoms with van der Waals surface area (Å²) >= 11 is 6.24. The molecule has 1 aromatic carbocycles. The lowest BCUT2D eigenvalue weighted by Gasteiger charge is -2.30. The van der Waals surface area contributed by atoms with E-state index in [2.05, 4.69) is 4.98 Å². The molecule has 0 saturated carbocycles. The fourth-order valence-electron chi connectivity index (χ4n) is 3.60. The summed E-state index contributed by atoms with van der Waals surface area (Å²) in [5.41, 5.74) is 0.471. The van der Waals surface area contributed by atoms with Crippen molar-refractivity contribution in [3.63, 3.8) is 0 Å². The second-order valence-electron chi connectivity index (χ2n) is 7.27. The molecule has 1 aliphatic heterocycles. The fraction of sp³-hybridized carbons (Fsp3) is 0.304. The molecule has 0 unspecified atom stereocenters. The average molecular weight is 467 g/mol. The van der Waals surface area contributed by atoms with Gasteiger partial charge in [0, 0.05) is 19.2 Å². The predicted molar refractivity (Wildman–Crippen MR) is 117 cm³/mol. The van der Waals surface area contributed by atoms with E-state index in [0.717, 1.165) is 0 Å². The fourth-order valence-corrected chi connectivity index (χ4v) is 3.85. The average Bonchev–Trinajstić information content (AvgIpc) is 3.51. The van der Waals surface area contributed by atoms with Crippen LogP contribution in [-0.4, -0.2) is 30.6 Å². The first-order chi connectivity index (χ1) is 16.0. The van der Waals surface area contributed by atoms with Crippen LogP contribution in [0, 0.1) is 28.6 Å². The zero-order valence-corrected chi connectivity index (χ0v) is 18.5. The number of piperidine rings is 1. The number of rotatable bonds is 6. The number of nitrogens with zero attached hydrogens (tertiary/aromatic N) is 4. The number of oxazole rings is 1. The van der Waals surface area contributed by atoms with Crippen LogP contribution in [0.5, 0.6) is 11.5 Å². The van der Waals surface area contributed by atoms with Crippen molar-refractivity contribution in [3.8, 4) is 35.3 Å². The number of furan rings is 1. The first-order valence-corrected chi connectivity index (χ1v) is 10.7. The van der Waals surface area contributed by atoms with Crippen LogP contribution in [0.25, 0.3) is 11.7 Å². The minimum absolute atomic E-state index is 0.107. The third kappa shape index (κ3) is 4.64. The molecule has 1 fully saturated rings. The van der Waals surface area contributed by atoms with Crippen molar-refractivity contribution >= 4 is 23.5 Å². The summed E-state index contributed by atoms with van der Waals surface area (Å²) in [6.07, 6.45) is 2.47. The monoisotopic (exact) mass is 466 g/mol. The van der Waals surface area contributed by atoms with Crippen molar-refractivity contribution in [1.82, 2.24) is 4.98 Å². The summed E-state index contributed by atoms with van der Waals surface area (Å²) in [5.74, 6) is 0.558. The second-order valence-corrected chi connectivity index (χ2v) is 7.68. The molecule has 1 aliphatic rings. The Kier molecular flexibility index (Phi) is 6.53. The van der Waals surface area contributed by atoms with E-state index in [1.165, 1.54) is 18.4 Å². The number of hydrogen-bond donors (Lipinski definition) is 0. The number of benzene rings is 1. The molecule has 33 heavy (non-hydrogen) atoms. The summed E-state index contributed by atoms with van der Waals surface area (Å²) in [4.78, 5) is 18.9. The highest BCUT2D eigenvalue weighted by molar-refractivity contribution is 6.32. The standard InChI is InChI=1S/C23H19ClN4O5/c1-2-30-19-11-14(12-25)10-16(24)20(19)32-23(29)15-5-7-28(8-6-15)22-17(13-26)27-21(33-22)18-4-3-9-31-18/h3-4,9-11,15H,2,5-8H2,1H3. The first kappa shape index (κ1) is 22.3. The highest BCUT2D eigenvalue weighted by Crippen LogP contribution is 2.38. The van der Waals surface area contributed by atoms with Gasteiger partial charge in [-0.25, -0.2) is 0 Å². The molecular weight excluding hydrogens is 448 g/mol. The van der Waals surface area contributed by atoms with Gasteiger partial charge in [0.15, 0.2) is 17.3 Å². The second kappa shape index (κ2) is 9.68. The maximum atomic E-state index is 12.8. The van der Waals surface area contributed by atoms with E-state index in [1.54, 1.807) is 19.1 Å². The number of aromatic nitrogens is 1. The molecule has 3 heterocycles. The molecule has 0 N–H and O–H groups in total. The highest BCUT2D eigenvalue weighted by Gasteiger charge is 2.31. The number of esters is 1. The van der Waals surface area contributed by atoms with Crippen LogP contribution < -0.4 is 14.4 Å². The van der Waals surface area contributed by atoms with Crippen LogP contribution in [0.3, 0.4) is 0 Å². The van der Waals surface area contributed by atoms with E-state index in [4.69, 9.17) is 35.2 Å². The summed E-state index contributed by atoms with van der Waals surface area (Å²) < 4.78 is 22.2. The lowest BCUT2D eigenvalue weighted by atomic mass is 9.97. The molecule has 168 valence electrons. The Hall–Kier alpha value is -3.95. The molecule has 0 atom stereocenters. The Morgan fingerprint density at radius 3 is 2.73 bits per heavy atom. The van der Waals surface area contributed by atoms with Gasteiger partial charge in [0.1, 0.15) is 6.07 Å². The number of ether oxygens (including phenoxy) is 2. The minimum Gasteiger partial charge on any atom is -0.490 e. The van der Waals surface area contributed by atoms with Gasteiger partial charge in [-0.05, 0) is 38.0 Å². The largest absolute Gasteiger partial charge is 0.490 e. The van der Waals surface area contributed by atoms with Crippen molar-refractivity contribution in [2.75, 3.05) is 24.6 Å². The lowest BCUT2D eigenvalue weighted by Crippen LogP contribution is -2.37. The van der Waals surface area contributed by atoms with E-state index in [1.807, 2.05) is 17.0 Å². The van der Waals surface area contributed by atoms with E-state index < -0.39 is 5.97 Å². The van der Waals surface area contributed by atoms with Crippen molar-refractivity contribution in [2.45, 2.75) is 19.8 Å². The van der Waals surface area contributed by atoms with Crippen LogP contribution in [0.4, 0.5) is 5.88 Å². The van der Waals surface area contributed by atoms with Gasteiger partial charge in [0.2, 0.25) is 11.6 Å². The molecule has 10 heteroatoms. The van der Waals surface area contributed by atoms with Crippen LogP contribution in [0.1, 0.15) is 31.0 Å². The maximum Gasteiger partial charge on any atom is 0.314 e.